The summed E-state index contributed by atoms with van der Waals surface area (Å²) < 4.78 is 1.20. The van der Waals surface area contributed by atoms with E-state index in [0.29, 0.717) is 11.6 Å². The maximum absolute atomic E-state index is 12.4. The number of carbonyl (C=O) groups is 1. The maximum atomic E-state index is 12.4. The lowest BCUT2D eigenvalue weighted by atomic mass is 10.2. The number of aromatic nitrogens is 1. The molecule has 0 spiro atoms. The van der Waals surface area contributed by atoms with E-state index in [1.165, 1.54) is 4.70 Å². The van der Waals surface area contributed by atoms with Crippen molar-refractivity contribution < 1.29 is 4.79 Å². The lowest BCUT2D eigenvalue weighted by Gasteiger charge is -2.22. The van der Waals surface area contributed by atoms with Gasteiger partial charge >= 0.3 is 0 Å². The zero-order valence-corrected chi connectivity index (χ0v) is 15.2. The second kappa shape index (κ2) is 7.12. The van der Waals surface area contributed by atoms with Crippen LogP contribution in [0, 0.1) is 0 Å². The Hall–Kier alpha value is -1.95. The molecule has 4 rings (SSSR count). The van der Waals surface area contributed by atoms with Crippen LogP contribution in [-0.2, 0) is 4.79 Å². The zero-order chi connectivity index (χ0) is 17.2. The average molecular weight is 372 g/mol. The number of nitrogens with one attached hydrogen (secondary N) is 1. The number of hydrogen-bond acceptors (Lipinski definition) is 4. The minimum atomic E-state index is -0.00432. The van der Waals surface area contributed by atoms with E-state index < -0.39 is 0 Å². The van der Waals surface area contributed by atoms with Crippen molar-refractivity contribution in [3.63, 3.8) is 0 Å². The van der Waals surface area contributed by atoms with Crippen molar-refractivity contribution in [2.45, 2.75) is 18.9 Å². The predicted molar refractivity (Wildman–Crippen MR) is 103 cm³/mol. The summed E-state index contributed by atoms with van der Waals surface area (Å²) in [5.74, 6) is -0.00432. The van der Waals surface area contributed by atoms with Crippen LogP contribution in [-0.4, -0.2) is 28.9 Å². The van der Waals surface area contributed by atoms with Gasteiger partial charge in [-0.3, -0.25) is 9.69 Å². The Balaban J connectivity index is 1.45. The van der Waals surface area contributed by atoms with Crippen LogP contribution in [0.15, 0.2) is 48.5 Å². The molecule has 2 heterocycles. The standard InChI is InChI=1S/C19H18ClN3OS/c20-13-7-9-14(10-8-13)21-18(24)12-23-11-3-5-16(23)19-22-15-4-1-2-6-17(15)25-19/h1-2,4,6-10,16H,3,5,11-12H2,(H,21,24). The van der Waals surface area contributed by atoms with E-state index in [2.05, 4.69) is 16.3 Å². The number of rotatable bonds is 4. The Kier molecular flexibility index (Phi) is 4.70. The second-order valence-corrected chi connectivity index (χ2v) is 7.70. The van der Waals surface area contributed by atoms with Crippen molar-refractivity contribution >= 4 is 44.7 Å². The number of fused-ring (bicyclic) bond motifs is 1. The largest absolute Gasteiger partial charge is 0.325 e. The fraction of sp³-hybridized carbons (Fsp3) is 0.263. The number of halogens is 1. The monoisotopic (exact) mass is 371 g/mol. The lowest BCUT2D eigenvalue weighted by molar-refractivity contribution is -0.117. The normalized spacial score (nSPS) is 17.9. The van der Waals surface area contributed by atoms with Gasteiger partial charge in [-0.25, -0.2) is 4.98 Å². The van der Waals surface area contributed by atoms with Gasteiger partial charge in [-0.1, -0.05) is 23.7 Å². The Morgan fingerprint density at radius 1 is 1.24 bits per heavy atom. The molecule has 1 saturated heterocycles. The maximum Gasteiger partial charge on any atom is 0.238 e. The molecule has 0 bridgehead atoms. The molecular weight excluding hydrogens is 354 g/mol. The molecule has 3 aromatic rings. The van der Waals surface area contributed by atoms with E-state index in [9.17, 15) is 4.79 Å². The number of nitrogens with zero attached hydrogens (tertiary/aromatic N) is 2. The molecule has 1 N–H and O–H groups in total. The molecule has 1 fully saturated rings. The molecule has 1 aliphatic rings. The Labute approximate surface area is 155 Å². The minimum Gasteiger partial charge on any atom is -0.325 e. The van der Waals surface area contributed by atoms with Gasteiger partial charge in [0.25, 0.3) is 0 Å². The highest BCUT2D eigenvalue weighted by Crippen LogP contribution is 2.36. The van der Waals surface area contributed by atoms with Crippen molar-refractivity contribution in [1.82, 2.24) is 9.88 Å². The third kappa shape index (κ3) is 3.68. The van der Waals surface area contributed by atoms with Crippen LogP contribution < -0.4 is 5.32 Å². The number of para-hydroxylation sites is 1. The van der Waals surface area contributed by atoms with Gasteiger partial charge in [0, 0.05) is 10.7 Å². The summed E-state index contributed by atoms with van der Waals surface area (Å²) in [6.45, 7) is 1.30. The smallest absolute Gasteiger partial charge is 0.238 e. The van der Waals surface area contributed by atoms with Crippen LogP contribution in [0.5, 0.6) is 0 Å². The van der Waals surface area contributed by atoms with Crippen molar-refractivity contribution in [3.8, 4) is 0 Å². The van der Waals surface area contributed by atoms with Crippen molar-refractivity contribution in [2.24, 2.45) is 0 Å². The lowest BCUT2D eigenvalue weighted by Crippen LogP contribution is -2.32. The predicted octanol–water partition coefficient (Wildman–Crippen LogP) is 4.73. The number of carbonyl (C=O) groups excluding carboxylic acids is 1. The average Bonchev–Trinajstić information content (AvgIpc) is 3.22. The number of likely N-dealkylation sites (tertiary alicyclic amines) is 1. The molecule has 0 radical (unpaired) electrons. The summed E-state index contributed by atoms with van der Waals surface area (Å²) in [6, 6.07) is 15.6. The van der Waals surface area contributed by atoms with E-state index in [-0.39, 0.29) is 11.9 Å². The molecule has 4 nitrogen and oxygen atoms in total. The molecule has 128 valence electrons. The molecule has 1 aliphatic heterocycles. The first-order valence-corrected chi connectivity index (χ1v) is 9.53. The van der Waals surface area contributed by atoms with Gasteiger partial charge in [-0.15, -0.1) is 11.3 Å². The summed E-state index contributed by atoms with van der Waals surface area (Å²) in [5.41, 5.74) is 1.81. The SMILES string of the molecule is O=C(CN1CCCC1c1nc2ccccc2s1)Nc1ccc(Cl)cc1. The van der Waals surface area contributed by atoms with Crippen LogP contribution in [0.2, 0.25) is 5.02 Å². The molecule has 0 aliphatic carbocycles. The molecule has 2 aromatic carbocycles. The van der Waals surface area contributed by atoms with E-state index in [4.69, 9.17) is 16.6 Å². The Morgan fingerprint density at radius 2 is 2.04 bits per heavy atom. The van der Waals surface area contributed by atoms with Gasteiger partial charge in [-0.2, -0.15) is 0 Å². The number of hydrogen-bond donors (Lipinski definition) is 1. The minimum absolute atomic E-state index is 0.00432. The highest BCUT2D eigenvalue weighted by Gasteiger charge is 2.30. The molecular formula is C19H18ClN3OS. The van der Waals surface area contributed by atoms with Crippen molar-refractivity contribution in [2.75, 3.05) is 18.4 Å². The highest BCUT2D eigenvalue weighted by atomic mass is 35.5. The topological polar surface area (TPSA) is 45.2 Å². The van der Waals surface area contributed by atoms with E-state index in [1.807, 2.05) is 30.3 Å². The summed E-state index contributed by atoms with van der Waals surface area (Å²) in [5, 5.41) is 4.71. The molecule has 1 amide bonds. The van der Waals surface area contributed by atoms with Crippen molar-refractivity contribution in [1.29, 1.82) is 0 Å². The van der Waals surface area contributed by atoms with Gasteiger partial charge in [0.05, 0.1) is 22.8 Å². The molecule has 25 heavy (non-hydrogen) atoms. The first-order chi connectivity index (χ1) is 12.2. The molecule has 6 heteroatoms. The molecule has 1 atom stereocenters. The quantitative estimate of drug-likeness (QED) is 0.721. The Morgan fingerprint density at radius 3 is 2.84 bits per heavy atom. The van der Waals surface area contributed by atoms with Gasteiger partial charge in [0.2, 0.25) is 5.91 Å². The molecule has 0 saturated carbocycles. The summed E-state index contributed by atoms with van der Waals surface area (Å²) in [4.78, 5) is 19.4. The van der Waals surface area contributed by atoms with E-state index >= 15 is 0 Å². The van der Waals surface area contributed by atoms with Gasteiger partial charge in [0.1, 0.15) is 5.01 Å². The van der Waals surface area contributed by atoms with Crippen LogP contribution in [0.4, 0.5) is 5.69 Å². The fourth-order valence-corrected chi connectivity index (χ4v) is 4.51. The second-order valence-electron chi connectivity index (χ2n) is 6.20. The summed E-state index contributed by atoms with van der Waals surface area (Å²) in [6.07, 6.45) is 2.14. The third-order valence-corrected chi connectivity index (χ3v) is 5.82. The van der Waals surface area contributed by atoms with Gasteiger partial charge < -0.3 is 5.32 Å². The van der Waals surface area contributed by atoms with Crippen LogP contribution >= 0.6 is 22.9 Å². The number of benzene rings is 2. The van der Waals surface area contributed by atoms with Crippen LogP contribution in [0.1, 0.15) is 23.9 Å². The first kappa shape index (κ1) is 16.5. The number of anilines is 1. The van der Waals surface area contributed by atoms with Crippen LogP contribution in [0.3, 0.4) is 0 Å². The summed E-state index contributed by atoms with van der Waals surface area (Å²) >= 11 is 7.61. The summed E-state index contributed by atoms with van der Waals surface area (Å²) in [7, 11) is 0. The molecule has 1 unspecified atom stereocenters. The van der Waals surface area contributed by atoms with E-state index in [1.54, 1.807) is 23.5 Å². The molecule has 1 aromatic heterocycles. The third-order valence-electron chi connectivity index (χ3n) is 4.43. The van der Waals surface area contributed by atoms with Crippen LogP contribution in [0.25, 0.3) is 10.2 Å². The number of amides is 1. The first-order valence-electron chi connectivity index (χ1n) is 8.34. The van der Waals surface area contributed by atoms with Gasteiger partial charge in [-0.05, 0) is 55.8 Å². The van der Waals surface area contributed by atoms with Gasteiger partial charge in [0.15, 0.2) is 0 Å². The fourth-order valence-electron chi connectivity index (χ4n) is 3.25. The van der Waals surface area contributed by atoms with Crippen molar-refractivity contribution in [3.05, 3.63) is 58.6 Å². The zero-order valence-electron chi connectivity index (χ0n) is 13.6. The Bertz CT molecular complexity index is 860. The van der Waals surface area contributed by atoms with E-state index in [0.717, 1.165) is 35.6 Å². The number of thiazole rings is 1. The highest BCUT2D eigenvalue weighted by molar-refractivity contribution is 7.18.